The van der Waals surface area contributed by atoms with E-state index in [4.69, 9.17) is 0 Å². The largest absolute Gasteiger partial charge is 0.308 e. The van der Waals surface area contributed by atoms with E-state index in [-0.39, 0.29) is 11.9 Å². The maximum Gasteiger partial charge on any atom is 0.241 e. The summed E-state index contributed by atoms with van der Waals surface area (Å²) in [6.45, 7) is 4.43. The van der Waals surface area contributed by atoms with Crippen LogP contribution in [0, 0.1) is 0 Å². The van der Waals surface area contributed by atoms with E-state index in [9.17, 15) is 4.79 Å². The second-order valence-corrected chi connectivity index (χ2v) is 7.16. The molecule has 1 aromatic heterocycles. The minimum Gasteiger partial charge on any atom is -0.308 e. The van der Waals surface area contributed by atoms with Crippen molar-refractivity contribution < 1.29 is 4.79 Å². The molecule has 132 valence electrons. The highest BCUT2D eigenvalue weighted by molar-refractivity contribution is 5.96. The van der Waals surface area contributed by atoms with Gasteiger partial charge in [0.25, 0.3) is 0 Å². The van der Waals surface area contributed by atoms with Gasteiger partial charge in [0.2, 0.25) is 5.91 Å². The Kier molecular flexibility index (Phi) is 4.53. The van der Waals surface area contributed by atoms with Crippen LogP contribution in [0.25, 0.3) is 0 Å². The van der Waals surface area contributed by atoms with Gasteiger partial charge in [0.1, 0.15) is 12.7 Å². The summed E-state index contributed by atoms with van der Waals surface area (Å²) in [6, 6.07) is 8.94. The van der Waals surface area contributed by atoms with Crippen LogP contribution in [0.4, 0.5) is 5.69 Å². The molecular weight excluding hydrogens is 314 g/mol. The fourth-order valence-electron chi connectivity index (χ4n) is 4.17. The minimum absolute atomic E-state index is 0.213. The summed E-state index contributed by atoms with van der Waals surface area (Å²) >= 11 is 0. The van der Waals surface area contributed by atoms with Gasteiger partial charge in [-0.15, -0.1) is 0 Å². The van der Waals surface area contributed by atoms with E-state index in [2.05, 4.69) is 40.1 Å². The normalized spacial score (nSPS) is 23.6. The number of aryl methyl sites for hydroxylation is 1. The Bertz CT molecular complexity index is 729. The number of aromatic nitrogens is 3. The number of para-hydroxylation sites is 1. The molecule has 1 aromatic carbocycles. The topological polar surface area (TPSA) is 54.3 Å². The van der Waals surface area contributed by atoms with Gasteiger partial charge in [-0.2, -0.15) is 5.10 Å². The van der Waals surface area contributed by atoms with E-state index in [1.54, 1.807) is 12.7 Å². The molecule has 2 aliphatic heterocycles. The van der Waals surface area contributed by atoms with Crippen molar-refractivity contribution >= 4 is 11.6 Å². The molecule has 2 aromatic rings. The van der Waals surface area contributed by atoms with Crippen molar-refractivity contribution in [3.05, 3.63) is 42.5 Å². The molecule has 0 aliphatic carbocycles. The maximum absolute atomic E-state index is 13.1. The quantitative estimate of drug-likeness (QED) is 0.856. The Morgan fingerprint density at radius 2 is 2.16 bits per heavy atom. The van der Waals surface area contributed by atoms with Crippen molar-refractivity contribution in [3.63, 3.8) is 0 Å². The lowest BCUT2D eigenvalue weighted by molar-refractivity contribution is -0.120. The van der Waals surface area contributed by atoms with Gasteiger partial charge < -0.3 is 4.90 Å². The van der Waals surface area contributed by atoms with Crippen LogP contribution in [0.15, 0.2) is 36.9 Å². The lowest BCUT2D eigenvalue weighted by atomic mass is 9.96. The summed E-state index contributed by atoms with van der Waals surface area (Å²) in [4.78, 5) is 21.5. The van der Waals surface area contributed by atoms with Crippen molar-refractivity contribution in [1.82, 2.24) is 19.7 Å². The first-order chi connectivity index (χ1) is 12.2. The van der Waals surface area contributed by atoms with Crippen LogP contribution < -0.4 is 4.90 Å². The summed E-state index contributed by atoms with van der Waals surface area (Å²) in [5.74, 6) is 0.213. The summed E-state index contributed by atoms with van der Waals surface area (Å²) in [6.07, 6.45) is 7.65. The SMILES string of the molecule is C[C@@H]1CCc2ccccc2N1C(=O)CN1CCC[C@H]1Cn1cncn1. The third-order valence-corrected chi connectivity index (χ3v) is 5.49. The fraction of sp³-hybridized carbons (Fsp3) is 0.526. The molecule has 3 heterocycles. The molecule has 2 aliphatic rings. The van der Waals surface area contributed by atoms with Crippen molar-refractivity contribution in [2.24, 2.45) is 0 Å². The number of carbonyl (C=O) groups excluding carboxylic acids is 1. The molecule has 6 nitrogen and oxygen atoms in total. The molecule has 0 radical (unpaired) electrons. The average molecular weight is 339 g/mol. The van der Waals surface area contributed by atoms with Crippen molar-refractivity contribution in [2.75, 3.05) is 18.0 Å². The summed E-state index contributed by atoms with van der Waals surface area (Å²) < 4.78 is 1.87. The van der Waals surface area contributed by atoms with Gasteiger partial charge in [0, 0.05) is 17.8 Å². The molecule has 2 atom stereocenters. The molecule has 0 bridgehead atoms. The summed E-state index contributed by atoms with van der Waals surface area (Å²) in [7, 11) is 0. The second kappa shape index (κ2) is 6.96. The van der Waals surface area contributed by atoms with E-state index in [1.807, 2.05) is 15.6 Å². The smallest absolute Gasteiger partial charge is 0.241 e. The van der Waals surface area contributed by atoms with Crippen LogP contribution in [0.1, 0.15) is 31.7 Å². The Labute approximate surface area is 148 Å². The van der Waals surface area contributed by atoms with Crippen LogP contribution in [0.3, 0.4) is 0 Å². The van der Waals surface area contributed by atoms with E-state index >= 15 is 0 Å². The van der Waals surface area contributed by atoms with Crippen molar-refractivity contribution in [2.45, 2.75) is 51.2 Å². The molecule has 25 heavy (non-hydrogen) atoms. The van der Waals surface area contributed by atoms with E-state index in [0.717, 1.165) is 44.5 Å². The van der Waals surface area contributed by atoms with E-state index < -0.39 is 0 Å². The Morgan fingerprint density at radius 3 is 3.00 bits per heavy atom. The molecule has 0 spiro atoms. The van der Waals surface area contributed by atoms with Crippen LogP contribution in [0.5, 0.6) is 0 Å². The molecule has 0 unspecified atom stereocenters. The predicted octanol–water partition coefficient (Wildman–Crippen LogP) is 2.11. The van der Waals surface area contributed by atoms with Crippen molar-refractivity contribution in [3.8, 4) is 0 Å². The van der Waals surface area contributed by atoms with Crippen LogP contribution >= 0.6 is 0 Å². The zero-order valence-electron chi connectivity index (χ0n) is 14.7. The average Bonchev–Trinajstić information content (AvgIpc) is 3.27. The number of likely N-dealkylation sites (tertiary alicyclic amines) is 1. The maximum atomic E-state index is 13.1. The second-order valence-electron chi connectivity index (χ2n) is 7.16. The van der Waals surface area contributed by atoms with Gasteiger partial charge in [-0.1, -0.05) is 18.2 Å². The lowest BCUT2D eigenvalue weighted by Gasteiger charge is -2.37. The highest BCUT2D eigenvalue weighted by atomic mass is 16.2. The predicted molar refractivity (Wildman–Crippen MR) is 96.3 cm³/mol. The lowest BCUT2D eigenvalue weighted by Crippen LogP contribution is -2.48. The van der Waals surface area contributed by atoms with Gasteiger partial charge in [-0.25, -0.2) is 4.98 Å². The Morgan fingerprint density at radius 1 is 1.28 bits per heavy atom. The number of benzene rings is 1. The number of fused-ring (bicyclic) bond motifs is 1. The number of hydrogen-bond donors (Lipinski definition) is 0. The monoisotopic (exact) mass is 339 g/mol. The van der Waals surface area contributed by atoms with E-state index in [0.29, 0.717) is 12.6 Å². The van der Waals surface area contributed by atoms with Gasteiger partial charge in [0.15, 0.2) is 0 Å². The third-order valence-electron chi connectivity index (χ3n) is 5.49. The van der Waals surface area contributed by atoms with Gasteiger partial charge in [-0.05, 0) is 50.8 Å². The first-order valence-corrected chi connectivity index (χ1v) is 9.19. The fourth-order valence-corrected chi connectivity index (χ4v) is 4.17. The van der Waals surface area contributed by atoms with Gasteiger partial charge >= 0.3 is 0 Å². The number of amides is 1. The standard InChI is InChI=1S/C19H25N5O/c1-15-8-9-16-5-2-3-7-18(16)24(15)19(25)12-22-10-4-6-17(22)11-23-14-20-13-21-23/h2-3,5,7,13-15,17H,4,6,8-12H2,1H3/t15-,17+/m1/s1. The van der Waals surface area contributed by atoms with Gasteiger partial charge in [0.05, 0.1) is 13.1 Å². The number of nitrogens with zero attached hydrogens (tertiary/aromatic N) is 5. The van der Waals surface area contributed by atoms with Crippen molar-refractivity contribution in [1.29, 1.82) is 0 Å². The molecule has 6 heteroatoms. The Balaban J connectivity index is 1.48. The molecule has 0 saturated carbocycles. The number of anilines is 1. The van der Waals surface area contributed by atoms with Crippen LogP contribution in [-0.4, -0.2) is 50.7 Å². The molecule has 0 N–H and O–H groups in total. The first kappa shape index (κ1) is 16.3. The summed E-state index contributed by atoms with van der Waals surface area (Å²) in [5.41, 5.74) is 2.38. The molecule has 4 rings (SSSR count). The highest BCUT2D eigenvalue weighted by Crippen LogP contribution is 2.31. The van der Waals surface area contributed by atoms with Gasteiger partial charge in [-0.3, -0.25) is 14.4 Å². The number of hydrogen-bond acceptors (Lipinski definition) is 4. The Hall–Kier alpha value is -2.21. The zero-order valence-corrected chi connectivity index (χ0v) is 14.7. The zero-order chi connectivity index (χ0) is 17.2. The number of rotatable bonds is 4. The molecule has 1 fully saturated rings. The number of carbonyl (C=O) groups is 1. The highest BCUT2D eigenvalue weighted by Gasteiger charge is 2.32. The first-order valence-electron chi connectivity index (χ1n) is 9.19. The minimum atomic E-state index is 0.213. The molecule has 1 amide bonds. The van der Waals surface area contributed by atoms with Crippen LogP contribution in [-0.2, 0) is 17.8 Å². The molecular formula is C19H25N5O. The van der Waals surface area contributed by atoms with Crippen LogP contribution in [0.2, 0.25) is 0 Å². The third kappa shape index (κ3) is 3.31. The molecule has 1 saturated heterocycles. The summed E-state index contributed by atoms with van der Waals surface area (Å²) in [5, 5.41) is 4.21. The van der Waals surface area contributed by atoms with E-state index in [1.165, 1.54) is 5.56 Å².